The molecule has 0 aliphatic heterocycles. The highest BCUT2D eigenvalue weighted by molar-refractivity contribution is 5.76. The Bertz CT molecular complexity index is 1140. The molecule has 3 N–H and O–H groups in total. The van der Waals surface area contributed by atoms with E-state index in [2.05, 4.69) is 31.3 Å². The molecule has 0 saturated heterocycles. The van der Waals surface area contributed by atoms with Crippen molar-refractivity contribution >= 4 is 11.9 Å². The van der Waals surface area contributed by atoms with Crippen LogP contribution in [0.4, 0.5) is 0 Å². The van der Waals surface area contributed by atoms with Crippen LogP contribution >= 0.6 is 0 Å². The van der Waals surface area contributed by atoms with E-state index in [0.29, 0.717) is 19.4 Å². The van der Waals surface area contributed by atoms with Crippen molar-refractivity contribution in [3.05, 3.63) is 24.3 Å². The van der Waals surface area contributed by atoms with Crippen molar-refractivity contribution in [3.63, 3.8) is 0 Å². The van der Waals surface area contributed by atoms with Gasteiger partial charge < -0.3 is 20.3 Å². The highest BCUT2D eigenvalue weighted by Crippen LogP contribution is 2.18. The van der Waals surface area contributed by atoms with Crippen LogP contribution in [0.3, 0.4) is 0 Å². The smallest absolute Gasteiger partial charge is 0.305 e. The Kier molecular flexibility index (Phi) is 61.4. The summed E-state index contributed by atoms with van der Waals surface area (Å²) in [6.45, 7) is 4.93. The zero-order valence-corrected chi connectivity index (χ0v) is 49.4. The lowest BCUT2D eigenvalue weighted by Crippen LogP contribution is -2.45. The molecule has 0 saturated carbocycles. The molecule has 2 atom stereocenters. The second-order valence-electron chi connectivity index (χ2n) is 22.8. The molecule has 73 heavy (non-hydrogen) atoms. The molecule has 2 unspecified atom stereocenters. The zero-order valence-electron chi connectivity index (χ0n) is 49.4. The quantitative estimate of drug-likeness (QED) is 0.0320. The molecular weight excluding hydrogens is 899 g/mol. The largest absolute Gasteiger partial charge is 0.466 e. The summed E-state index contributed by atoms with van der Waals surface area (Å²) in [4.78, 5) is 24.6. The monoisotopic (exact) mass is 1030 g/mol. The Morgan fingerprint density at radius 3 is 0.973 bits per heavy atom. The molecule has 0 aromatic heterocycles. The highest BCUT2D eigenvalue weighted by atomic mass is 16.5. The van der Waals surface area contributed by atoms with Crippen molar-refractivity contribution in [3.8, 4) is 0 Å². The topological polar surface area (TPSA) is 95.9 Å². The number of allylic oxidation sites excluding steroid dienone is 3. The number of rotatable bonds is 62. The fraction of sp³-hybridized carbons (Fsp3) is 0.910. The van der Waals surface area contributed by atoms with Gasteiger partial charge in [-0.1, -0.05) is 321 Å². The van der Waals surface area contributed by atoms with E-state index in [1.807, 2.05) is 6.08 Å². The van der Waals surface area contributed by atoms with E-state index in [0.717, 1.165) is 38.5 Å². The highest BCUT2D eigenvalue weighted by Gasteiger charge is 2.18. The standard InChI is InChI=1S/C67H129NO5/c1-3-5-7-9-11-13-15-17-18-19-26-30-33-37-41-45-49-53-57-61-67(72)73-62-58-54-50-46-42-38-34-31-28-25-23-21-20-22-24-27-29-32-36-40-44-48-52-56-60-66(71)68-64(63-69)65(70)59-55-51-47-43-39-35-16-14-12-10-8-6-4-2/h22,24,55,59,64-65,69-70H,3-21,23,25-54,56-58,60-63H2,1-2H3,(H,68,71)/b24-22-,59-55+. The first-order chi connectivity index (χ1) is 36.0. The molecule has 0 aliphatic rings. The molecule has 0 radical (unpaired) electrons. The lowest BCUT2D eigenvalue weighted by atomic mass is 10.0. The van der Waals surface area contributed by atoms with Gasteiger partial charge in [0.05, 0.1) is 25.4 Å². The Hall–Kier alpha value is -1.66. The lowest BCUT2D eigenvalue weighted by Gasteiger charge is -2.20. The fourth-order valence-corrected chi connectivity index (χ4v) is 10.4. The summed E-state index contributed by atoms with van der Waals surface area (Å²) in [7, 11) is 0. The SMILES string of the molecule is CCCCCCCCCCCCC/C=C/C(O)C(CO)NC(=O)CCCCCCCCCC/C=C\CCCCCCCCCCCCCCOC(=O)CCCCCCCCCCCCCCCCCCCCC. The van der Waals surface area contributed by atoms with Crippen LogP contribution in [0.2, 0.25) is 0 Å². The van der Waals surface area contributed by atoms with Gasteiger partial charge >= 0.3 is 5.97 Å². The van der Waals surface area contributed by atoms with Crippen molar-refractivity contribution in [1.82, 2.24) is 5.32 Å². The van der Waals surface area contributed by atoms with Gasteiger partial charge in [-0.05, 0) is 57.8 Å². The third kappa shape index (κ3) is 59.4. The minimum Gasteiger partial charge on any atom is -0.466 e. The normalized spacial score (nSPS) is 12.7. The van der Waals surface area contributed by atoms with E-state index < -0.39 is 12.1 Å². The molecule has 0 spiro atoms. The number of unbranched alkanes of at least 4 members (excludes halogenated alkanes) is 49. The number of hydrogen-bond acceptors (Lipinski definition) is 5. The van der Waals surface area contributed by atoms with Gasteiger partial charge in [-0.2, -0.15) is 0 Å². The van der Waals surface area contributed by atoms with Crippen LogP contribution in [0, 0.1) is 0 Å². The molecule has 0 aliphatic carbocycles. The van der Waals surface area contributed by atoms with Crippen molar-refractivity contribution in [1.29, 1.82) is 0 Å². The summed E-state index contributed by atoms with van der Waals surface area (Å²) in [5.74, 6) is -0.0542. The van der Waals surface area contributed by atoms with Crippen molar-refractivity contribution in [2.75, 3.05) is 13.2 Å². The van der Waals surface area contributed by atoms with Gasteiger partial charge in [0, 0.05) is 12.8 Å². The van der Waals surface area contributed by atoms with Crippen molar-refractivity contribution < 1.29 is 24.5 Å². The first-order valence-corrected chi connectivity index (χ1v) is 33.1. The molecule has 6 nitrogen and oxygen atoms in total. The number of nitrogens with one attached hydrogen (secondary N) is 1. The number of aliphatic hydroxyl groups is 2. The molecule has 0 rings (SSSR count). The molecule has 0 fully saturated rings. The summed E-state index contributed by atoms with van der Waals surface area (Å²) in [5.41, 5.74) is 0. The molecule has 432 valence electrons. The third-order valence-corrected chi connectivity index (χ3v) is 15.5. The van der Waals surface area contributed by atoms with Gasteiger partial charge in [0.15, 0.2) is 0 Å². The van der Waals surface area contributed by atoms with E-state index in [9.17, 15) is 19.8 Å². The number of carbonyl (C=O) groups excluding carboxylic acids is 2. The Labute approximate surface area is 456 Å². The number of esters is 1. The number of carbonyl (C=O) groups is 2. The van der Waals surface area contributed by atoms with Gasteiger partial charge in [0.2, 0.25) is 5.91 Å². The fourth-order valence-electron chi connectivity index (χ4n) is 10.4. The average Bonchev–Trinajstić information content (AvgIpc) is 3.39. The lowest BCUT2D eigenvalue weighted by molar-refractivity contribution is -0.143. The van der Waals surface area contributed by atoms with E-state index in [4.69, 9.17) is 4.74 Å². The number of aliphatic hydroxyl groups excluding tert-OH is 2. The molecule has 0 heterocycles. The van der Waals surface area contributed by atoms with Crippen molar-refractivity contribution in [2.24, 2.45) is 0 Å². The van der Waals surface area contributed by atoms with Crippen LogP contribution in [0.1, 0.15) is 367 Å². The third-order valence-electron chi connectivity index (χ3n) is 15.5. The van der Waals surface area contributed by atoms with Crippen molar-refractivity contribution in [2.45, 2.75) is 379 Å². The number of hydrogen-bond donors (Lipinski definition) is 3. The maximum absolute atomic E-state index is 12.5. The molecule has 0 aromatic rings. The van der Waals surface area contributed by atoms with E-state index in [1.54, 1.807) is 6.08 Å². The predicted octanol–water partition coefficient (Wildman–Crippen LogP) is 21.0. The first-order valence-electron chi connectivity index (χ1n) is 33.1. The van der Waals surface area contributed by atoms with Crippen LogP contribution in [0.25, 0.3) is 0 Å². The Morgan fingerprint density at radius 2 is 0.644 bits per heavy atom. The van der Waals surface area contributed by atoms with Crippen LogP contribution < -0.4 is 5.32 Å². The van der Waals surface area contributed by atoms with E-state index in [-0.39, 0.29) is 18.5 Å². The van der Waals surface area contributed by atoms with Crippen LogP contribution in [0.5, 0.6) is 0 Å². The van der Waals surface area contributed by atoms with Gasteiger partial charge in [-0.25, -0.2) is 0 Å². The van der Waals surface area contributed by atoms with Crippen LogP contribution in [-0.4, -0.2) is 47.4 Å². The molecule has 6 heteroatoms. The average molecular weight is 1030 g/mol. The zero-order chi connectivity index (χ0) is 52.9. The maximum atomic E-state index is 12.5. The van der Waals surface area contributed by atoms with Gasteiger partial charge in [-0.15, -0.1) is 0 Å². The molecular formula is C67H129NO5. The first kappa shape index (κ1) is 71.3. The minimum atomic E-state index is -0.846. The molecule has 1 amide bonds. The summed E-state index contributed by atoms with van der Waals surface area (Å²) >= 11 is 0. The minimum absolute atomic E-state index is 0.0173. The summed E-state index contributed by atoms with van der Waals surface area (Å²) in [6.07, 6.45) is 78.1. The summed E-state index contributed by atoms with van der Waals surface area (Å²) in [6, 6.07) is -0.630. The summed E-state index contributed by atoms with van der Waals surface area (Å²) < 4.78 is 5.51. The van der Waals surface area contributed by atoms with E-state index >= 15 is 0 Å². The molecule has 0 bridgehead atoms. The Morgan fingerprint density at radius 1 is 0.370 bits per heavy atom. The van der Waals surface area contributed by atoms with Gasteiger partial charge in [-0.3, -0.25) is 9.59 Å². The summed E-state index contributed by atoms with van der Waals surface area (Å²) in [5, 5.41) is 23.1. The second-order valence-corrected chi connectivity index (χ2v) is 22.8. The second kappa shape index (κ2) is 62.9. The predicted molar refractivity (Wildman–Crippen MR) is 320 cm³/mol. The Balaban J connectivity index is 3.38. The van der Waals surface area contributed by atoms with Crippen LogP contribution in [-0.2, 0) is 14.3 Å². The number of amides is 1. The molecule has 0 aromatic carbocycles. The van der Waals surface area contributed by atoms with Gasteiger partial charge in [0.1, 0.15) is 0 Å². The van der Waals surface area contributed by atoms with Gasteiger partial charge in [0.25, 0.3) is 0 Å². The maximum Gasteiger partial charge on any atom is 0.305 e. The van der Waals surface area contributed by atoms with E-state index in [1.165, 1.54) is 302 Å². The number of ether oxygens (including phenoxy) is 1. The van der Waals surface area contributed by atoms with Crippen LogP contribution in [0.15, 0.2) is 24.3 Å².